The molecule has 0 saturated carbocycles. The first kappa shape index (κ1) is 13.5. The summed E-state index contributed by atoms with van der Waals surface area (Å²) in [5.74, 6) is 0. The molecule has 18 heavy (non-hydrogen) atoms. The highest BCUT2D eigenvalue weighted by Crippen LogP contribution is 2.11. The standard InChI is InChI=1S/C14H20O4/c15-13-11-17-7-6-16-8-9-18-14(13)10-12-4-2-1-3-5-12/h1-5,13-15H,6-11H2. The third kappa shape index (κ3) is 4.38. The van der Waals surface area contributed by atoms with Crippen LogP contribution in [0.3, 0.4) is 0 Å². The van der Waals surface area contributed by atoms with Gasteiger partial charge in [-0.2, -0.15) is 0 Å². The molecule has 2 atom stereocenters. The molecule has 1 aromatic carbocycles. The highest BCUT2D eigenvalue weighted by Gasteiger charge is 2.21. The van der Waals surface area contributed by atoms with E-state index in [1.165, 1.54) is 0 Å². The number of benzene rings is 1. The van der Waals surface area contributed by atoms with Crippen molar-refractivity contribution in [2.75, 3.05) is 33.0 Å². The van der Waals surface area contributed by atoms with Crippen LogP contribution >= 0.6 is 0 Å². The Morgan fingerprint density at radius 2 is 1.72 bits per heavy atom. The van der Waals surface area contributed by atoms with Gasteiger partial charge in [-0.1, -0.05) is 30.3 Å². The molecule has 2 rings (SSSR count). The minimum absolute atomic E-state index is 0.242. The lowest BCUT2D eigenvalue weighted by Gasteiger charge is -2.24. The van der Waals surface area contributed by atoms with E-state index in [0.717, 1.165) is 5.56 Å². The van der Waals surface area contributed by atoms with E-state index in [9.17, 15) is 5.11 Å². The molecule has 1 aliphatic rings. The highest BCUT2D eigenvalue weighted by molar-refractivity contribution is 5.15. The van der Waals surface area contributed by atoms with E-state index in [1.54, 1.807) is 0 Å². The van der Waals surface area contributed by atoms with E-state index in [0.29, 0.717) is 39.5 Å². The van der Waals surface area contributed by atoms with Crippen LogP contribution in [-0.4, -0.2) is 50.3 Å². The van der Waals surface area contributed by atoms with E-state index in [1.807, 2.05) is 30.3 Å². The van der Waals surface area contributed by atoms with Crippen molar-refractivity contribution in [1.29, 1.82) is 0 Å². The summed E-state index contributed by atoms with van der Waals surface area (Å²) in [5, 5.41) is 10.1. The molecule has 0 radical (unpaired) electrons. The molecule has 0 bridgehead atoms. The zero-order chi connectivity index (χ0) is 12.6. The van der Waals surface area contributed by atoms with Crippen LogP contribution in [0.15, 0.2) is 30.3 Å². The molecule has 100 valence electrons. The predicted molar refractivity (Wildman–Crippen MR) is 67.5 cm³/mol. The second-order valence-corrected chi connectivity index (χ2v) is 4.35. The van der Waals surface area contributed by atoms with Crippen LogP contribution in [0.25, 0.3) is 0 Å². The maximum Gasteiger partial charge on any atom is 0.104 e. The van der Waals surface area contributed by atoms with E-state index < -0.39 is 6.10 Å². The second kappa shape index (κ2) is 7.48. The van der Waals surface area contributed by atoms with Crippen molar-refractivity contribution in [1.82, 2.24) is 0 Å². The zero-order valence-corrected chi connectivity index (χ0v) is 10.5. The van der Waals surface area contributed by atoms with Crippen molar-refractivity contribution in [3.8, 4) is 0 Å². The van der Waals surface area contributed by atoms with Gasteiger partial charge in [0.1, 0.15) is 6.10 Å². The van der Waals surface area contributed by atoms with Crippen molar-refractivity contribution in [3.05, 3.63) is 35.9 Å². The lowest BCUT2D eigenvalue weighted by Crippen LogP contribution is -2.37. The van der Waals surface area contributed by atoms with Gasteiger partial charge in [0.2, 0.25) is 0 Å². The third-order valence-corrected chi connectivity index (χ3v) is 2.93. The summed E-state index contributed by atoms with van der Waals surface area (Å²) in [6.45, 7) is 2.42. The van der Waals surface area contributed by atoms with Crippen LogP contribution in [-0.2, 0) is 20.6 Å². The van der Waals surface area contributed by atoms with E-state index in [2.05, 4.69) is 0 Å². The Balaban J connectivity index is 1.93. The molecule has 1 heterocycles. The van der Waals surface area contributed by atoms with Gasteiger partial charge in [0, 0.05) is 6.42 Å². The van der Waals surface area contributed by atoms with Crippen LogP contribution in [0.4, 0.5) is 0 Å². The van der Waals surface area contributed by atoms with Crippen molar-refractivity contribution < 1.29 is 19.3 Å². The Morgan fingerprint density at radius 3 is 2.56 bits per heavy atom. The van der Waals surface area contributed by atoms with Crippen LogP contribution in [0.2, 0.25) is 0 Å². The Morgan fingerprint density at radius 1 is 1.00 bits per heavy atom. The monoisotopic (exact) mass is 252 g/mol. The van der Waals surface area contributed by atoms with Gasteiger partial charge in [0.05, 0.1) is 39.1 Å². The predicted octanol–water partition coefficient (Wildman–Crippen LogP) is 1.02. The van der Waals surface area contributed by atoms with E-state index >= 15 is 0 Å². The number of hydrogen-bond donors (Lipinski definition) is 1. The Hall–Kier alpha value is -0.940. The van der Waals surface area contributed by atoms with Crippen molar-refractivity contribution in [3.63, 3.8) is 0 Å². The van der Waals surface area contributed by atoms with Crippen LogP contribution in [0, 0.1) is 0 Å². The first-order valence-electron chi connectivity index (χ1n) is 6.35. The largest absolute Gasteiger partial charge is 0.388 e. The van der Waals surface area contributed by atoms with Gasteiger partial charge >= 0.3 is 0 Å². The molecule has 2 unspecified atom stereocenters. The van der Waals surface area contributed by atoms with Gasteiger partial charge in [0.25, 0.3) is 0 Å². The fourth-order valence-electron chi connectivity index (χ4n) is 1.94. The quantitative estimate of drug-likeness (QED) is 0.854. The smallest absolute Gasteiger partial charge is 0.104 e. The average molecular weight is 252 g/mol. The Labute approximate surface area is 107 Å². The fraction of sp³-hybridized carbons (Fsp3) is 0.571. The molecule has 0 aromatic heterocycles. The first-order chi connectivity index (χ1) is 8.86. The summed E-state index contributed by atoms with van der Waals surface area (Å²) < 4.78 is 16.3. The van der Waals surface area contributed by atoms with Gasteiger partial charge in [-0.25, -0.2) is 0 Å². The van der Waals surface area contributed by atoms with Crippen LogP contribution in [0.1, 0.15) is 5.56 Å². The van der Waals surface area contributed by atoms with Crippen LogP contribution < -0.4 is 0 Å². The topological polar surface area (TPSA) is 47.9 Å². The summed E-state index contributed by atoms with van der Waals surface area (Å²) in [5.41, 5.74) is 1.15. The lowest BCUT2D eigenvalue weighted by molar-refractivity contribution is -0.103. The third-order valence-electron chi connectivity index (χ3n) is 2.93. The van der Waals surface area contributed by atoms with Gasteiger partial charge in [0.15, 0.2) is 0 Å². The highest BCUT2D eigenvalue weighted by atomic mass is 16.6. The number of aliphatic hydroxyl groups is 1. The summed E-state index contributed by atoms with van der Waals surface area (Å²) in [7, 11) is 0. The molecule has 4 nitrogen and oxygen atoms in total. The first-order valence-corrected chi connectivity index (χ1v) is 6.35. The molecule has 1 saturated heterocycles. The van der Waals surface area contributed by atoms with Crippen molar-refractivity contribution >= 4 is 0 Å². The number of aliphatic hydroxyl groups excluding tert-OH is 1. The van der Waals surface area contributed by atoms with E-state index in [4.69, 9.17) is 14.2 Å². The molecular formula is C14H20O4. The minimum Gasteiger partial charge on any atom is -0.388 e. The normalized spacial score (nSPS) is 26.7. The zero-order valence-electron chi connectivity index (χ0n) is 10.5. The van der Waals surface area contributed by atoms with Crippen molar-refractivity contribution in [2.24, 2.45) is 0 Å². The maximum atomic E-state index is 10.1. The Bertz CT molecular complexity index is 328. The molecule has 4 heteroatoms. The molecule has 1 fully saturated rings. The maximum absolute atomic E-state index is 10.1. The molecule has 0 aliphatic carbocycles. The summed E-state index contributed by atoms with van der Waals surface area (Å²) in [4.78, 5) is 0. The number of rotatable bonds is 2. The average Bonchev–Trinajstić information content (AvgIpc) is 2.41. The van der Waals surface area contributed by atoms with Gasteiger partial charge in [-0.05, 0) is 5.56 Å². The molecule has 1 N–H and O–H groups in total. The fourth-order valence-corrected chi connectivity index (χ4v) is 1.94. The lowest BCUT2D eigenvalue weighted by atomic mass is 10.0. The van der Waals surface area contributed by atoms with Crippen molar-refractivity contribution in [2.45, 2.75) is 18.6 Å². The molecule has 1 aliphatic heterocycles. The van der Waals surface area contributed by atoms with Gasteiger partial charge in [-0.15, -0.1) is 0 Å². The summed E-state index contributed by atoms with van der Waals surface area (Å²) in [6.07, 6.45) is -0.150. The molecule has 0 spiro atoms. The number of hydrogen-bond acceptors (Lipinski definition) is 4. The molecule has 1 aromatic rings. The molecule has 0 amide bonds. The van der Waals surface area contributed by atoms with E-state index in [-0.39, 0.29) is 6.10 Å². The summed E-state index contributed by atoms with van der Waals surface area (Å²) in [6, 6.07) is 10.0. The Kier molecular flexibility index (Phi) is 5.61. The summed E-state index contributed by atoms with van der Waals surface area (Å²) >= 11 is 0. The van der Waals surface area contributed by atoms with Gasteiger partial charge < -0.3 is 19.3 Å². The SMILES string of the molecule is OC1COCCOCCOC1Cc1ccccc1. The van der Waals surface area contributed by atoms with Gasteiger partial charge in [-0.3, -0.25) is 0 Å². The second-order valence-electron chi connectivity index (χ2n) is 4.35. The molecular weight excluding hydrogens is 232 g/mol. The minimum atomic E-state index is -0.594. The number of ether oxygens (including phenoxy) is 3. The van der Waals surface area contributed by atoms with Crippen LogP contribution in [0.5, 0.6) is 0 Å².